The average molecular weight is 331 g/mol. The van der Waals surface area contributed by atoms with Gasteiger partial charge in [0.15, 0.2) is 0 Å². The zero-order valence-electron chi connectivity index (χ0n) is 11.7. The molecule has 0 aliphatic rings. The third kappa shape index (κ3) is 4.95. The van der Waals surface area contributed by atoms with Gasteiger partial charge in [-0.2, -0.15) is 5.10 Å². The molecule has 0 aliphatic heterocycles. The Morgan fingerprint density at radius 1 is 1.42 bits per heavy atom. The molecule has 1 aromatic heterocycles. The molecule has 1 rings (SSSR count). The van der Waals surface area contributed by atoms with E-state index in [1.165, 1.54) is 5.69 Å². The van der Waals surface area contributed by atoms with Gasteiger partial charge in [0.25, 0.3) is 0 Å². The number of aryl methyl sites for hydroxylation is 2. The normalized spacial score (nSPS) is 10.9. The Hall–Kier alpha value is -0.880. The number of nitrogens with zero attached hydrogens (tertiary/aromatic N) is 2. The smallest absolute Gasteiger partial charge is 0.217 e. The minimum atomic E-state index is -0.223. The van der Waals surface area contributed by atoms with E-state index in [0.29, 0.717) is 6.42 Å². The van der Waals surface area contributed by atoms with Crippen LogP contribution in [-0.2, 0) is 24.3 Å². The molecule has 0 fully saturated rings. The van der Waals surface area contributed by atoms with Crippen LogP contribution < -0.4 is 11.1 Å². The molecular formula is C13H23BrN4O. The first-order valence-electron chi connectivity index (χ1n) is 6.83. The lowest BCUT2D eigenvalue weighted by molar-refractivity contribution is -0.118. The van der Waals surface area contributed by atoms with Crippen LogP contribution in [0.3, 0.4) is 0 Å². The van der Waals surface area contributed by atoms with Crippen molar-refractivity contribution < 1.29 is 4.79 Å². The zero-order chi connectivity index (χ0) is 14.3. The molecule has 0 bridgehead atoms. The lowest BCUT2D eigenvalue weighted by atomic mass is 10.2. The van der Waals surface area contributed by atoms with Crippen molar-refractivity contribution in [2.24, 2.45) is 5.73 Å². The van der Waals surface area contributed by atoms with Gasteiger partial charge < -0.3 is 11.1 Å². The van der Waals surface area contributed by atoms with Gasteiger partial charge in [0.2, 0.25) is 5.91 Å². The molecule has 6 heteroatoms. The summed E-state index contributed by atoms with van der Waals surface area (Å²) in [4.78, 5) is 10.6. The number of rotatable bonds is 9. The number of hydrogen-bond acceptors (Lipinski definition) is 3. The lowest BCUT2D eigenvalue weighted by Gasteiger charge is -2.07. The van der Waals surface area contributed by atoms with Crippen molar-refractivity contribution >= 4 is 21.8 Å². The fourth-order valence-corrected chi connectivity index (χ4v) is 2.65. The van der Waals surface area contributed by atoms with Crippen LogP contribution in [-0.4, -0.2) is 22.2 Å². The number of nitrogens with two attached hydrogens (primary N) is 1. The zero-order valence-corrected chi connectivity index (χ0v) is 13.3. The molecule has 1 amide bonds. The van der Waals surface area contributed by atoms with Crippen LogP contribution in [0.15, 0.2) is 4.47 Å². The summed E-state index contributed by atoms with van der Waals surface area (Å²) in [6, 6.07) is 0. The Morgan fingerprint density at radius 2 is 2.16 bits per heavy atom. The highest BCUT2D eigenvalue weighted by molar-refractivity contribution is 9.10. The summed E-state index contributed by atoms with van der Waals surface area (Å²) in [7, 11) is 0. The number of amides is 1. The van der Waals surface area contributed by atoms with Gasteiger partial charge in [0.1, 0.15) is 0 Å². The second kappa shape index (κ2) is 8.32. The maximum Gasteiger partial charge on any atom is 0.217 e. The molecule has 0 aromatic carbocycles. The predicted molar refractivity (Wildman–Crippen MR) is 79.7 cm³/mol. The van der Waals surface area contributed by atoms with Crippen LogP contribution in [0.25, 0.3) is 0 Å². The molecular weight excluding hydrogens is 308 g/mol. The third-order valence-corrected chi connectivity index (χ3v) is 3.93. The van der Waals surface area contributed by atoms with E-state index in [4.69, 9.17) is 5.73 Å². The van der Waals surface area contributed by atoms with Crippen molar-refractivity contribution in [3.8, 4) is 0 Å². The highest BCUT2D eigenvalue weighted by Gasteiger charge is 2.12. The first-order chi connectivity index (χ1) is 9.10. The number of aromatic nitrogens is 2. The van der Waals surface area contributed by atoms with Gasteiger partial charge in [-0.05, 0) is 48.7 Å². The fraction of sp³-hybridized carbons (Fsp3) is 0.692. The van der Waals surface area contributed by atoms with Crippen molar-refractivity contribution in [3.63, 3.8) is 0 Å². The number of hydrogen-bond donors (Lipinski definition) is 2. The standard InChI is InChI=1S/C13H23BrN4O/c1-3-10-13(14)11(18(4-2)17-10)9-16-8-6-5-7-12(15)19/h16H,3-9H2,1-2H3,(H2,15,19). The molecule has 0 radical (unpaired) electrons. The summed E-state index contributed by atoms with van der Waals surface area (Å²) in [5, 5.41) is 7.94. The minimum Gasteiger partial charge on any atom is -0.370 e. The summed E-state index contributed by atoms with van der Waals surface area (Å²) in [5.74, 6) is -0.223. The molecule has 0 unspecified atom stereocenters. The van der Waals surface area contributed by atoms with Gasteiger partial charge in [-0.15, -0.1) is 0 Å². The first-order valence-corrected chi connectivity index (χ1v) is 7.62. The molecule has 1 aromatic rings. The fourth-order valence-electron chi connectivity index (χ4n) is 1.94. The van der Waals surface area contributed by atoms with E-state index in [0.717, 1.165) is 49.1 Å². The molecule has 1 heterocycles. The summed E-state index contributed by atoms with van der Waals surface area (Å²) in [5.41, 5.74) is 7.39. The molecule has 0 aliphatic carbocycles. The van der Waals surface area contributed by atoms with Crippen LogP contribution in [0, 0.1) is 0 Å². The van der Waals surface area contributed by atoms with Gasteiger partial charge in [-0.25, -0.2) is 0 Å². The quantitative estimate of drug-likeness (QED) is 0.680. The number of primary amides is 1. The second-order valence-electron chi connectivity index (χ2n) is 4.48. The highest BCUT2D eigenvalue weighted by atomic mass is 79.9. The van der Waals surface area contributed by atoms with Crippen LogP contribution >= 0.6 is 15.9 Å². The number of nitrogens with one attached hydrogen (secondary N) is 1. The maximum absolute atomic E-state index is 10.6. The van der Waals surface area contributed by atoms with Crippen molar-refractivity contribution in [2.75, 3.05) is 6.54 Å². The van der Waals surface area contributed by atoms with Crippen molar-refractivity contribution in [1.29, 1.82) is 0 Å². The van der Waals surface area contributed by atoms with E-state index in [2.05, 4.69) is 40.2 Å². The molecule has 3 N–H and O–H groups in total. The summed E-state index contributed by atoms with van der Waals surface area (Å²) in [6.07, 6.45) is 3.20. The van der Waals surface area contributed by atoms with E-state index < -0.39 is 0 Å². The molecule has 5 nitrogen and oxygen atoms in total. The summed E-state index contributed by atoms with van der Waals surface area (Å²) < 4.78 is 3.14. The van der Waals surface area contributed by atoms with Gasteiger partial charge in [-0.3, -0.25) is 9.48 Å². The molecule has 0 spiro atoms. The number of unbranched alkanes of at least 4 members (excludes halogenated alkanes) is 1. The maximum atomic E-state index is 10.6. The van der Waals surface area contributed by atoms with E-state index in [1.807, 2.05) is 4.68 Å². The number of halogens is 1. The average Bonchev–Trinajstić information content (AvgIpc) is 2.69. The van der Waals surface area contributed by atoms with E-state index >= 15 is 0 Å². The Kier molecular flexibility index (Phi) is 7.09. The number of carbonyl (C=O) groups excluding carboxylic acids is 1. The van der Waals surface area contributed by atoms with Gasteiger partial charge in [-0.1, -0.05) is 6.92 Å². The molecule has 19 heavy (non-hydrogen) atoms. The van der Waals surface area contributed by atoms with Crippen molar-refractivity contribution in [1.82, 2.24) is 15.1 Å². The molecule has 0 saturated carbocycles. The Morgan fingerprint density at radius 3 is 2.74 bits per heavy atom. The van der Waals surface area contributed by atoms with Crippen molar-refractivity contribution in [3.05, 3.63) is 15.9 Å². The highest BCUT2D eigenvalue weighted by Crippen LogP contribution is 2.22. The monoisotopic (exact) mass is 330 g/mol. The molecule has 0 saturated heterocycles. The molecule has 0 atom stereocenters. The summed E-state index contributed by atoms with van der Waals surface area (Å²) >= 11 is 3.62. The van der Waals surface area contributed by atoms with Gasteiger partial charge in [0.05, 0.1) is 15.9 Å². The summed E-state index contributed by atoms with van der Waals surface area (Å²) in [6.45, 7) is 6.74. The number of carbonyl (C=O) groups is 1. The Labute approximate surface area is 123 Å². The Balaban J connectivity index is 2.40. The predicted octanol–water partition coefficient (Wildman–Crippen LogP) is 1.97. The van der Waals surface area contributed by atoms with Gasteiger partial charge >= 0.3 is 0 Å². The topological polar surface area (TPSA) is 72.9 Å². The largest absolute Gasteiger partial charge is 0.370 e. The van der Waals surface area contributed by atoms with E-state index in [1.54, 1.807) is 0 Å². The SMILES string of the molecule is CCc1nn(CC)c(CNCCCCC(N)=O)c1Br. The molecule has 108 valence electrons. The van der Waals surface area contributed by atoms with Crippen LogP contribution in [0.2, 0.25) is 0 Å². The van der Waals surface area contributed by atoms with E-state index in [-0.39, 0.29) is 5.91 Å². The second-order valence-corrected chi connectivity index (χ2v) is 5.27. The third-order valence-electron chi connectivity index (χ3n) is 3.01. The van der Waals surface area contributed by atoms with Crippen LogP contribution in [0.1, 0.15) is 44.5 Å². The van der Waals surface area contributed by atoms with Gasteiger partial charge in [0, 0.05) is 19.5 Å². The van der Waals surface area contributed by atoms with Crippen LogP contribution in [0.4, 0.5) is 0 Å². The van der Waals surface area contributed by atoms with Crippen LogP contribution in [0.5, 0.6) is 0 Å². The minimum absolute atomic E-state index is 0.223. The van der Waals surface area contributed by atoms with Crippen molar-refractivity contribution in [2.45, 2.75) is 52.6 Å². The first kappa shape index (κ1) is 16.2. The Bertz CT molecular complexity index is 417. The van der Waals surface area contributed by atoms with E-state index in [9.17, 15) is 4.79 Å². The lowest BCUT2D eigenvalue weighted by Crippen LogP contribution is -2.18.